The number of ether oxygens (including phenoxy) is 3. The molecule has 1 aliphatic heterocycles. The van der Waals surface area contributed by atoms with Crippen molar-refractivity contribution in [2.45, 2.75) is 6.10 Å². The summed E-state index contributed by atoms with van der Waals surface area (Å²) in [6.45, 7) is 0.0733. The molecule has 7 nitrogen and oxygen atoms in total. The fraction of sp³-hybridized carbons (Fsp3) is 0.0870. The van der Waals surface area contributed by atoms with Crippen LogP contribution in [0.3, 0.4) is 0 Å². The van der Waals surface area contributed by atoms with E-state index in [0.29, 0.717) is 17.1 Å². The average molecular weight is 420 g/mol. The molecule has 0 bridgehead atoms. The number of amides is 1. The smallest absolute Gasteiger partial charge is 0.343 e. The highest BCUT2D eigenvalue weighted by molar-refractivity contribution is 5.91. The first-order valence-corrected chi connectivity index (χ1v) is 9.38. The Bertz CT molecular complexity index is 1150. The number of nitrogens with one attached hydrogen (secondary N) is 1. The SMILES string of the molecule is O=C(Oc1cccc(/C=N/NC(=O)[C@H]2COc3ccccc3O2)c1)c1cccc(F)c1. The molecule has 0 saturated carbocycles. The maximum Gasteiger partial charge on any atom is 0.343 e. The Balaban J connectivity index is 1.34. The zero-order valence-electron chi connectivity index (χ0n) is 16.2. The number of benzene rings is 3. The van der Waals surface area contributed by atoms with Crippen LogP contribution in [-0.4, -0.2) is 30.8 Å². The molecule has 0 unspecified atom stereocenters. The summed E-state index contributed by atoms with van der Waals surface area (Å²) in [5.41, 5.74) is 3.08. The van der Waals surface area contributed by atoms with Crippen molar-refractivity contribution < 1.29 is 28.2 Å². The first-order chi connectivity index (χ1) is 15.1. The predicted octanol–water partition coefficient (Wildman–Crippen LogP) is 3.34. The summed E-state index contributed by atoms with van der Waals surface area (Å²) in [5.74, 6) is -0.339. The zero-order chi connectivity index (χ0) is 21.6. The van der Waals surface area contributed by atoms with Crippen molar-refractivity contribution in [2.75, 3.05) is 6.61 Å². The van der Waals surface area contributed by atoms with E-state index in [9.17, 15) is 14.0 Å². The summed E-state index contributed by atoms with van der Waals surface area (Å²) in [6, 6.07) is 18.8. The lowest BCUT2D eigenvalue weighted by molar-refractivity contribution is -0.130. The molecule has 4 rings (SSSR count). The second kappa shape index (κ2) is 9.08. The van der Waals surface area contributed by atoms with Crippen LogP contribution in [0.15, 0.2) is 77.9 Å². The van der Waals surface area contributed by atoms with Crippen molar-refractivity contribution in [1.82, 2.24) is 5.43 Å². The van der Waals surface area contributed by atoms with Gasteiger partial charge in [-0.3, -0.25) is 4.79 Å². The highest BCUT2D eigenvalue weighted by atomic mass is 19.1. The number of fused-ring (bicyclic) bond motifs is 1. The summed E-state index contributed by atoms with van der Waals surface area (Å²) >= 11 is 0. The van der Waals surface area contributed by atoms with Crippen LogP contribution in [0.5, 0.6) is 17.2 Å². The molecule has 0 aliphatic carbocycles. The van der Waals surface area contributed by atoms with Gasteiger partial charge >= 0.3 is 5.97 Å². The molecular formula is C23H17FN2O5. The lowest BCUT2D eigenvalue weighted by Gasteiger charge is -2.24. The molecule has 3 aromatic carbocycles. The van der Waals surface area contributed by atoms with Gasteiger partial charge in [0, 0.05) is 0 Å². The maximum atomic E-state index is 13.3. The van der Waals surface area contributed by atoms with E-state index in [0.717, 1.165) is 6.07 Å². The number of hydrazone groups is 1. The molecule has 0 radical (unpaired) electrons. The molecular weight excluding hydrogens is 403 g/mol. The fourth-order valence-electron chi connectivity index (χ4n) is 2.83. The van der Waals surface area contributed by atoms with Gasteiger partial charge in [0.2, 0.25) is 6.10 Å². The molecule has 1 N–H and O–H groups in total. The number of halogens is 1. The highest BCUT2D eigenvalue weighted by Crippen LogP contribution is 2.30. The van der Waals surface area contributed by atoms with E-state index in [-0.39, 0.29) is 17.9 Å². The van der Waals surface area contributed by atoms with E-state index < -0.39 is 23.8 Å². The molecule has 1 amide bonds. The van der Waals surface area contributed by atoms with Gasteiger partial charge in [-0.2, -0.15) is 5.10 Å². The minimum Gasteiger partial charge on any atom is -0.485 e. The van der Waals surface area contributed by atoms with Gasteiger partial charge in [-0.1, -0.05) is 30.3 Å². The standard InChI is InChI=1S/C23H17FN2O5/c24-17-7-4-6-16(12-17)23(28)30-18-8-3-5-15(11-18)13-25-26-22(27)21-14-29-19-9-1-2-10-20(19)31-21/h1-13,21H,14H2,(H,26,27)/b25-13+/t21-/m1/s1. The summed E-state index contributed by atoms with van der Waals surface area (Å²) in [5, 5.41) is 3.91. The molecule has 0 saturated heterocycles. The number of esters is 1. The summed E-state index contributed by atoms with van der Waals surface area (Å²) in [6.07, 6.45) is 0.570. The molecule has 3 aromatic rings. The summed E-state index contributed by atoms with van der Waals surface area (Å²) in [4.78, 5) is 24.4. The number of carbonyl (C=O) groups excluding carboxylic acids is 2. The third kappa shape index (κ3) is 5.05. The van der Waals surface area contributed by atoms with Crippen LogP contribution < -0.4 is 19.6 Å². The molecule has 31 heavy (non-hydrogen) atoms. The van der Waals surface area contributed by atoms with E-state index in [1.807, 2.05) is 6.07 Å². The Morgan fingerprint density at radius 2 is 1.84 bits per heavy atom. The van der Waals surface area contributed by atoms with Crippen LogP contribution in [-0.2, 0) is 4.79 Å². The van der Waals surface area contributed by atoms with E-state index in [1.54, 1.807) is 42.5 Å². The highest BCUT2D eigenvalue weighted by Gasteiger charge is 2.26. The predicted molar refractivity (Wildman–Crippen MR) is 110 cm³/mol. The minimum atomic E-state index is -0.828. The molecule has 0 fully saturated rings. The largest absolute Gasteiger partial charge is 0.485 e. The fourth-order valence-corrected chi connectivity index (χ4v) is 2.83. The van der Waals surface area contributed by atoms with Gasteiger partial charge in [0.1, 0.15) is 18.2 Å². The van der Waals surface area contributed by atoms with Crippen LogP contribution in [0.2, 0.25) is 0 Å². The quantitative estimate of drug-likeness (QED) is 0.296. The lowest BCUT2D eigenvalue weighted by Crippen LogP contribution is -2.42. The summed E-state index contributed by atoms with van der Waals surface area (Å²) in [7, 11) is 0. The average Bonchev–Trinajstić information content (AvgIpc) is 2.79. The monoisotopic (exact) mass is 420 g/mol. The number of carbonyl (C=O) groups is 2. The number of hydrogen-bond acceptors (Lipinski definition) is 6. The Morgan fingerprint density at radius 3 is 2.68 bits per heavy atom. The Hall–Kier alpha value is -4.20. The number of nitrogens with zero attached hydrogens (tertiary/aromatic N) is 1. The van der Waals surface area contributed by atoms with Crippen molar-refractivity contribution in [2.24, 2.45) is 5.10 Å². The normalized spacial score (nSPS) is 14.8. The first kappa shape index (κ1) is 20.1. The molecule has 1 aliphatic rings. The van der Waals surface area contributed by atoms with Crippen molar-refractivity contribution in [3.05, 3.63) is 89.7 Å². The number of hydrogen-bond donors (Lipinski definition) is 1. The second-order valence-electron chi connectivity index (χ2n) is 6.57. The van der Waals surface area contributed by atoms with Crippen LogP contribution in [0.25, 0.3) is 0 Å². The maximum absolute atomic E-state index is 13.3. The molecule has 1 heterocycles. The van der Waals surface area contributed by atoms with Gasteiger partial charge in [-0.05, 0) is 48.0 Å². The zero-order valence-corrected chi connectivity index (χ0v) is 16.2. The Labute approximate surface area is 177 Å². The van der Waals surface area contributed by atoms with Gasteiger partial charge in [0.05, 0.1) is 11.8 Å². The van der Waals surface area contributed by atoms with Crippen LogP contribution in [0.4, 0.5) is 4.39 Å². The van der Waals surface area contributed by atoms with Crippen molar-refractivity contribution in [3.63, 3.8) is 0 Å². The van der Waals surface area contributed by atoms with Gasteiger partial charge in [-0.15, -0.1) is 0 Å². The van der Waals surface area contributed by atoms with Gasteiger partial charge in [-0.25, -0.2) is 14.6 Å². The van der Waals surface area contributed by atoms with E-state index in [4.69, 9.17) is 14.2 Å². The van der Waals surface area contributed by atoms with E-state index in [2.05, 4.69) is 10.5 Å². The Kier molecular flexibility index (Phi) is 5.89. The topological polar surface area (TPSA) is 86.2 Å². The molecule has 8 heteroatoms. The molecule has 156 valence electrons. The van der Waals surface area contributed by atoms with Crippen molar-refractivity contribution in [3.8, 4) is 17.2 Å². The lowest BCUT2D eigenvalue weighted by atomic mass is 10.2. The molecule has 0 spiro atoms. The third-order valence-electron chi connectivity index (χ3n) is 4.32. The van der Waals surface area contributed by atoms with E-state index >= 15 is 0 Å². The second-order valence-corrected chi connectivity index (χ2v) is 6.57. The molecule has 0 aromatic heterocycles. The van der Waals surface area contributed by atoms with E-state index in [1.165, 1.54) is 24.4 Å². The number of para-hydroxylation sites is 2. The van der Waals surface area contributed by atoms with Crippen LogP contribution in [0.1, 0.15) is 15.9 Å². The number of rotatable bonds is 5. The summed E-state index contributed by atoms with van der Waals surface area (Å²) < 4.78 is 29.7. The minimum absolute atomic E-state index is 0.0733. The third-order valence-corrected chi connectivity index (χ3v) is 4.32. The van der Waals surface area contributed by atoms with Crippen molar-refractivity contribution in [1.29, 1.82) is 0 Å². The van der Waals surface area contributed by atoms with Crippen LogP contribution >= 0.6 is 0 Å². The Morgan fingerprint density at radius 1 is 1.03 bits per heavy atom. The van der Waals surface area contributed by atoms with Gasteiger partial charge < -0.3 is 14.2 Å². The first-order valence-electron chi connectivity index (χ1n) is 9.38. The van der Waals surface area contributed by atoms with Crippen molar-refractivity contribution >= 4 is 18.1 Å². The van der Waals surface area contributed by atoms with Gasteiger partial charge in [0.15, 0.2) is 11.5 Å². The van der Waals surface area contributed by atoms with Gasteiger partial charge in [0.25, 0.3) is 5.91 Å². The molecule has 1 atom stereocenters. The van der Waals surface area contributed by atoms with Crippen LogP contribution in [0, 0.1) is 5.82 Å².